The van der Waals surface area contributed by atoms with Gasteiger partial charge >= 0.3 is 6.03 Å². The van der Waals surface area contributed by atoms with E-state index in [0.717, 1.165) is 17.7 Å². The van der Waals surface area contributed by atoms with Crippen LogP contribution in [0.25, 0.3) is 0 Å². The molecular formula is C13H20N4O3. The number of hydrogen-bond acceptors (Lipinski definition) is 4. The molecule has 1 aliphatic carbocycles. The van der Waals surface area contributed by atoms with Gasteiger partial charge in [0.2, 0.25) is 5.91 Å². The number of nitrogens with one attached hydrogen (secondary N) is 3. The number of urea groups is 1. The van der Waals surface area contributed by atoms with Gasteiger partial charge in [0.05, 0.1) is 0 Å². The van der Waals surface area contributed by atoms with Gasteiger partial charge in [-0.25, -0.2) is 4.79 Å². The molecule has 4 amide bonds. The third-order valence-electron chi connectivity index (χ3n) is 4.29. The Kier molecular flexibility index (Phi) is 3.37. The maximum absolute atomic E-state index is 12.4. The number of piperidine rings is 1. The summed E-state index contributed by atoms with van der Waals surface area (Å²) < 4.78 is 0. The summed E-state index contributed by atoms with van der Waals surface area (Å²) in [6.45, 7) is 1.88. The van der Waals surface area contributed by atoms with Crippen LogP contribution in [0, 0.1) is 5.92 Å². The molecule has 0 aromatic rings. The van der Waals surface area contributed by atoms with Crippen LogP contribution in [-0.2, 0) is 9.59 Å². The van der Waals surface area contributed by atoms with Crippen molar-refractivity contribution < 1.29 is 14.4 Å². The number of amides is 4. The highest BCUT2D eigenvalue weighted by molar-refractivity contribution is 6.09. The predicted molar refractivity (Wildman–Crippen MR) is 70.8 cm³/mol. The number of carbonyl (C=O) groups excluding carboxylic acids is 3. The molecule has 110 valence electrons. The first-order chi connectivity index (χ1) is 9.61. The molecule has 0 radical (unpaired) electrons. The first kappa shape index (κ1) is 13.4. The molecule has 2 heterocycles. The summed E-state index contributed by atoms with van der Waals surface area (Å²) in [4.78, 5) is 37.2. The molecule has 20 heavy (non-hydrogen) atoms. The zero-order valence-electron chi connectivity index (χ0n) is 11.4. The quantitative estimate of drug-likeness (QED) is 0.587. The number of hydrogen-bond donors (Lipinski definition) is 3. The summed E-state index contributed by atoms with van der Waals surface area (Å²) in [7, 11) is 0. The van der Waals surface area contributed by atoms with Crippen molar-refractivity contribution >= 4 is 17.8 Å². The van der Waals surface area contributed by atoms with Crippen molar-refractivity contribution in [2.24, 2.45) is 5.92 Å². The third-order valence-corrected chi connectivity index (χ3v) is 4.29. The predicted octanol–water partition coefficient (Wildman–Crippen LogP) is -0.813. The molecule has 0 unspecified atom stereocenters. The molecule has 3 aliphatic rings. The SMILES string of the molecule is O=C(CN1C(=O)NC2(CCNCC2)C1=O)NCC1CC1. The second-order valence-electron chi connectivity index (χ2n) is 5.90. The fraction of sp³-hybridized carbons (Fsp3) is 0.769. The van der Waals surface area contributed by atoms with Crippen molar-refractivity contribution in [1.82, 2.24) is 20.9 Å². The van der Waals surface area contributed by atoms with Gasteiger partial charge in [-0.1, -0.05) is 0 Å². The molecule has 1 saturated carbocycles. The van der Waals surface area contributed by atoms with Crippen molar-refractivity contribution in [2.45, 2.75) is 31.2 Å². The van der Waals surface area contributed by atoms with Gasteiger partial charge in [0.25, 0.3) is 5.91 Å². The fourth-order valence-electron chi connectivity index (χ4n) is 2.79. The minimum Gasteiger partial charge on any atom is -0.354 e. The van der Waals surface area contributed by atoms with Gasteiger partial charge in [0.15, 0.2) is 0 Å². The van der Waals surface area contributed by atoms with Gasteiger partial charge in [-0.2, -0.15) is 0 Å². The van der Waals surface area contributed by atoms with E-state index in [4.69, 9.17) is 0 Å². The van der Waals surface area contributed by atoms with Crippen molar-refractivity contribution in [3.05, 3.63) is 0 Å². The van der Waals surface area contributed by atoms with Gasteiger partial charge in [0.1, 0.15) is 12.1 Å². The smallest absolute Gasteiger partial charge is 0.325 e. The second-order valence-corrected chi connectivity index (χ2v) is 5.90. The Morgan fingerprint density at radius 3 is 2.65 bits per heavy atom. The Bertz CT molecular complexity index is 441. The monoisotopic (exact) mass is 280 g/mol. The van der Waals surface area contributed by atoms with Crippen LogP contribution in [0.5, 0.6) is 0 Å². The molecule has 2 saturated heterocycles. The highest BCUT2D eigenvalue weighted by Gasteiger charge is 2.51. The molecule has 3 rings (SSSR count). The molecule has 3 N–H and O–H groups in total. The fourth-order valence-corrected chi connectivity index (χ4v) is 2.79. The molecule has 7 heteroatoms. The lowest BCUT2D eigenvalue weighted by molar-refractivity contribution is -0.135. The van der Waals surface area contributed by atoms with E-state index in [9.17, 15) is 14.4 Å². The topological polar surface area (TPSA) is 90.5 Å². The highest BCUT2D eigenvalue weighted by atomic mass is 16.2. The van der Waals surface area contributed by atoms with Crippen LogP contribution < -0.4 is 16.0 Å². The summed E-state index contributed by atoms with van der Waals surface area (Å²) in [5, 5.41) is 8.71. The largest absolute Gasteiger partial charge is 0.354 e. The highest BCUT2D eigenvalue weighted by Crippen LogP contribution is 2.28. The molecular weight excluding hydrogens is 260 g/mol. The van der Waals surface area contributed by atoms with Crippen LogP contribution in [0.4, 0.5) is 4.79 Å². The maximum atomic E-state index is 12.4. The van der Waals surface area contributed by atoms with E-state index in [2.05, 4.69) is 16.0 Å². The summed E-state index contributed by atoms with van der Waals surface area (Å²) >= 11 is 0. The maximum Gasteiger partial charge on any atom is 0.325 e. The number of nitrogens with zero attached hydrogens (tertiary/aromatic N) is 1. The molecule has 3 fully saturated rings. The average molecular weight is 280 g/mol. The van der Waals surface area contributed by atoms with E-state index in [-0.39, 0.29) is 18.4 Å². The van der Waals surface area contributed by atoms with Gasteiger partial charge < -0.3 is 16.0 Å². The van der Waals surface area contributed by atoms with Crippen LogP contribution in [0.1, 0.15) is 25.7 Å². The van der Waals surface area contributed by atoms with Crippen LogP contribution in [0.2, 0.25) is 0 Å². The van der Waals surface area contributed by atoms with Crippen LogP contribution in [0.15, 0.2) is 0 Å². The van der Waals surface area contributed by atoms with Crippen LogP contribution in [0.3, 0.4) is 0 Å². The van der Waals surface area contributed by atoms with Gasteiger partial charge in [-0.3, -0.25) is 14.5 Å². The Morgan fingerprint density at radius 1 is 1.30 bits per heavy atom. The summed E-state index contributed by atoms with van der Waals surface area (Å²) in [5.41, 5.74) is -0.793. The summed E-state index contributed by atoms with van der Waals surface area (Å²) in [6.07, 6.45) is 3.47. The van der Waals surface area contributed by atoms with Gasteiger partial charge in [0, 0.05) is 6.54 Å². The van der Waals surface area contributed by atoms with E-state index in [1.54, 1.807) is 0 Å². The van der Waals surface area contributed by atoms with Crippen molar-refractivity contribution in [2.75, 3.05) is 26.2 Å². The van der Waals surface area contributed by atoms with E-state index in [1.165, 1.54) is 0 Å². The Hall–Kier alpha value is -1.63. The van der Waals surface area contributed by atoms with E-state index in [0.29, 0.717) is 38.4 Å². The third kappa shape index (κ3) is 2.49. The van der Waals surface area contributed by atoms with Crippen molar-refractivity contribution in [1.29, 1.82) is 0 Å². The lowest BCUT2D eigenvalue weighted by atomic mass is 9.88. The zero-order valence-corrected chi connectivity index (χ0v) is 11.4. The minimum absolute atomic E-state index is 0.174. The number of carbonyl (C=O) groups is 3. The molecule has 2 aliphatic heterocycles. The normalized spacial score (nSPS) is 24.9. The molecule has 7 nitrogen and oxygen atoms in total. The Morgan fingerprint density at radius 2 is 2.00 bits per heavy atom. The second kappa shape index (κ2) is 5.05. The molecule has 0 bridgehead atoms. The van der Waals surface area contributed by atoms with E-state index < -0.39 is 11.6 Å². The van der Waals surface area contributed by atoms with E-state index in [1.807, 2.05) is 0 Å². The Balaban J connectivity index is 1.59. The molecule has 0 aromatic carbocycles. The standard InChI is InChI=1S/C13H20N4O3/c18-10(15-7-9-1-2-9)8-17-11(19)13(16-12(17)20)3-5-14-6-4-13/h9,14H,1-8H2,(H,15,18)(H,16,20). The van der Waals surface area contributed by atoms with Gasteiger partial charge in [-0.15, -0.1) is 0 Å². The Labute approximate surface area is 117 Å². The molecule has 1 spiro atoms. The van der Waals surface area contributed by atoms with Crippen molar-refractivity contribution in [3.8, 4) is 0 Å². The van der Waals surface area contributed by atoms with E-state index >= 15 is 0 Å². The average Bonchev–Trinajstić information content (AvgIpc) is 3.23. The minimum atomic E-state index is -0.793. The lowest BCUT2D eigenvalue weighted by Gasteiger charge is -2.30. The molecule has 0 atom stereocenters. The number of imide groups is 1. The molecule has 0 aromatic heterocycles. The van der Waals surface area contributed by atoms with Gasteiger partial charge in [-0.05, 0) is 44.7 Å². The first-order valence-electron chi connectivity index (χ1n) is 7.22. The lowest BCUT2D eigenvalue weighted by Crippen LogP contribution is -2.54. The van der Waals surface area contributed by atoms with Crippen molar-refractivity contribution in [3.63, 3.8) is 0 Å². The van der Waals surface area contributed by atoms with Crippen LogP contribution in [-0.4, -0.2) is 54.5 Å². The first-order valence-corrected chi connectivity index (χ1v) is 7.22. The summed E-state index contributed by atoms with van der Waals surface area (Å²) in [5.74, 6) is 0.0646. The summed E-state index contributed by atoms with van der Waals surface area (Å²) in [6, 6.07) is -0.446. The number of rotatable bonds is 4. The zero-order chi connectivity index (χ0) is 14.2. The van der Waals surface area contributed by atoms with Crippen LogP contribution >= 0.6 is 0 Å².